The number of carbonyl (C=O) groups excluding carboxylic acids is 1. The number of hydrogen-bond donors (Lipinski definition) is 2. The zero-order valence-corrected chi connectivity index (χ0v) is 14.4. The summed E-state index contributed by atoms with van der Waals surface area (Å²) in [7, 11) is 0. The largest absolute Gasteiger partial charge is 0.325 e. The molecule has 120 valence electrons. The van der Waals surface area contributed by atoms with Crippen molar-refractivity contribution < 1.29 is 4.79 Å². The fourth-order valence-corrected chi connectivity index (χ4v) is 3.41. The molecule has 3 N–H and O–H groups in total. The molecule has 2 aromatic rings. The van der Waals surface area contributed by atoms with Gasteiger partial charge in [-0.25, -0.2) is 0 Å². The molecule has 0 saturated heterocycles. The number of fused-ring (bicyclic) bond motifs is 1. The molecule has 1 atom stereocenters. The van der Waals surface area contributed by atoms with Gasteiger partial charge in [0.25, 0.3) is 0 Å². The first-order valence-electron chi connectivity index (χ1n) is 8.02. The lowest BCUT2D eigenvalue weighted by Crippen LogP contribution is -2.27. The Morgan fingerprint density at radius 1 is 1.04 bits per heavy atom. The topological polar surface area (TPSA) is 55.1 Å². The first kappa shape index (κ1) is 15.8. The molecule has 1 aliphatic rings. The van der Waals surface area contributed by atoms with E-state index in [0.717, 1.165) is 33.5 Å². The van der Waals surface area contributed by atoms with Crippen LogP contribution in [0.2, 0.25) is 0 Å². The van der Waals surface area contributed by atoms with Crippen LogP contribution in [0.1, 0.15) is 53.3 Å². The minimum atomic E-state index is -0.520. The predicted molar refractivity (Wildman–Crippen MR) is 94.8 cm³/mol. The number of hydrogen-bond acceptors (Lipinski definition) is 2. The first-order chi connectivity index (χ1) is 10.7. The van der Waals surface area contributed by atoms with Gasteiger partial charge in [-0.2, -0.15) is 0 Å². The van der Waals surface area contributed by atoms with Crippen LogP contribution in [0, 0.1) is 20.8 Å². The molecule has 0 bridgehead atoms. The number of amides is 1. The number of carbonyl (C=O) groups is 1. The fraction of sp³-hybridized carbons (Fsp3) is 0.350. The quantitative estimate of drug-likeness (QED) is 0.884. The van der Waals surface area contributed by atoms with Crippen LogP contribution < -0.4 is 11.1 Å². The van der Waals surface area contributed by atoms with Gasteiger partial charge in [-0.15, -0.1) is 0 Å². The second-order valence-electron chi connectivity index (χ2n) is 7.05. The van der Waals surface area contributed by atoms with Gasteiger partial charge < -0.3 is 11.1 Å². The van der Waals surface area contributed by atoms with Crippen molar-refractivity contribution in [2.75, 3.05) is 5.32 Å². The highest BCUT2D eigenvalue weighted by molar-refractivity contribution is 6.06. The SMILES string of the molecule is Cc1ccccc1C(N)c1cc2c(c(C)c1C)NC(=O)C2(C)C. The maximum absolute atomic E-state index is 12.3. The highest BCUT2D eigenvalue weighted by atomic mass is 16.2. The third kappa shape index (κ3) is 2.27. The fourth-order valence-electron chi connectivity index (χ4n) is 3.41. The zero-order chi connectivity index (χ0) is 16.9. The average Bonchev–Trinajstić information content (AvgIpc) is 2.73. The summed E-state index contributed by atoms with van der Waals surface area (Å²) in [5.74, 6) is 0.0524. The summed E-state index contributed by atoms with van der Waals surface area (Å²) in [5.41, 5.74) is 13.8. The molecule has 0 saturated carbocycles. The summed E-state index contributed by atoms with van der Waals surface area (Å²) < 4.78 is 0. The lowest BCUT2D eigenvalue weighted by molar-refractivity contribution is -0.119. The van der Waals surface area contributed by atoms with E-state index in [1.165, 1.54) is 5.56 Å². The molecule has 2 aromatic carbocycles. The Kier molecular flexibility index (Phi) is 3.56. The summed E-state index contributed by atoms with van der Waals surface area (Å²) in [4.78, 5) is 12.3. The lowest BCUT2D eigenvalue weighted by atomic mass is 9.81. The van der Waals surface area contributed by atoms with E-state index < -0.39 is 5.41 Å². The maximum atomic E-state index is 12.3. The molecule has 1 heterocycles. The molecular formula is C20H24N2O. The maximum Gasteiger partial charge on any atom is 0.234 e. The molecule has 3 rings (SSSR count). The molecule has 0 aromatic heterocycles. The highest BCUT2D eigenvalue weighted by Gasteiger charge is 2.40. The normalized spacial score (nSPS) is 16.9. The van der Waals surface area contributed by atoms with E-state index in [4.69, 9.17) is 5.73 Å². The smallest absolute Gasteiger partial charge is 0.234 e. The number of rotatable bonds is 2. The molecule has 1 aliphatic heterocycles. The molecule has 3 nitrogen and oxygen atoms in total. The molecule has 23 heavy (non-hydrogen) atoms. The third-order valence-corrected chi connectivity index (χ3v) is 5.28. The Morgan fingerprint density at radius 2 is 1.70 bits per heavy atom. The minimum Gasteiger partial charge on any atom is -0.325 e. The Morgan fingerprint density at radius 3 is 2.35 bits per heavy atom. The molecular weight excluding hydrogens is 284 g/mol. The Bertz CT molecular complexity index is 806. The zero-order valence-electron chi connectivity index (χ0n) is 14.4. The van der Waals surface area contributed by atoms with Gasteiger partial charge in [-0.05, 0) is 68.0 Å². The Balaban J connectivity index is 2.19. The van der Waals surface area contributed by atoms with Crippen LogP contribution in [0.5, 0.6) is 0 Å². The van der Waals surface area contributed by atoms with E-state index in [1.54, 1.807) is 0 Å². The molecule has 0 aliphatic carbocycles. The van der Waals surface area contributed by atoms with Crippen molar-refractivity contribution >= 4 is 11.6 Å². The molecule has 0 fully saturated rings. The van der Waals surface area contributed by atoms with Gasteiger partial charge in [0.1, 0.15) is 0 Å². The van der Waals surface area contributed by atoms with Crippen molar-refractivity contribution in [3.05, 3.63) is 63.7 Å². The van der Waals surface area contributed by atoms with Crippen LogP contribution in [0.3, 0.4) is 0 Å². The first-order valence-corrected chi connectivity index (χ1v) is 8.02. The lowest BCUT2D eigenvalue weighted by Gasteiger charge is -2.23. The van der Waals surface area contributed by atoms with Gasteiger partial charge >= 0.3 is 0 Å². The number of nitrogens with two attached hydrogens (primary N) is 1. The summed E-state index contributed by atoms with van der Waals surface area (Å²) in [6.07, 6.45) is 0. The van der Waals surface area contributed by atoms with E-state index in [0.29, 0.717) is 0 Å². The summed E-state index contributed by atoms with van der Waals surface area (Å²) in [6.45, 7) is 10.2. The Labute approximate surface area is 137 Å². The van der Waals surface area contributed by atoms with E-state index >= 15 is 0 Å². The number of nitrogens with one attached hydrogen (secondary N) is 1. The molecule has 1 amide bonds. The van der Waals surface area contributed by atoms with Crippen LogP contribution in [-0.2, 0) is 10.2 Å². The number of aryl methyl sites for hydroxylation is 1. The van der Waals surface area contributed by atoms with E-state index in [2.05, 4.69) is 44.3 Å². The van der Waals surface area contributed by atoms with Crippen molar-refractivity contribution in [3.8, 4) is 0 Å². The van der Waals surface area contributed by atoms with Crippen LogP contribution in [0.15, 0.2) is 30.3 Å². The minimum absolute atomic E-state index is 0.0524. The van der Waals surface area contributed by atoms with Gasteiger partial charge in [0.2, 0.25) is 5.91 Å². The van der Waals surface area contributed by atoms with Crippen molar-refractivity contribution in [1.82, 2.24) is 0 Å². The van der Waals surface area contributed by atoms with E-state index in [-0.39, 0.29) is 11.9 Å². The summed E-state index contributed by atoms with van der Waals surface area (Å²) in [5, 5.41) is 3.03. The second-order valence-corrected chi connectivity index (χ2v) is 7.05. The summed E-state index contributed by atoms with van der Waals surface area (Å²) in [6, 6.07) is 10.1. The molecule has 0 radical (unpaired) electrons. The van der Waals surface area contributed by atoms with Crippen LogP contribution >= 0.6 is 0 Å². The van der Waals surface area contributed by atoms with E-state index in [9.17, 15) is 4.79 Å². The van der Waals surface area contributed by atoms with E-state index in [1.807, 2.05) is 26.0 Å². The number of benzene rings is 2. The van der Waals surface area contributed by atoms with Gasteiger partial charge in [-0.3, -0.25) is 4.79 Å². The van der Waals surface area contributed by atoms with Crippen molar-refractivity contribution in [2.45, 2.75) is 46.1 Å². The van der Waals surface area contributed by atoms with Crippen molar-refractivity contribution in [3.63, 3.8) is 0 Å². The molecule has 1 unspecified atom stereocenters. The standard InChI is InChI=1S/C20H24N2O/c1-11-8-6-7-9-14(11)17(21)15-10-16-18(13(3)12(15)2)22-19(23)20(16,4)5/h6-10,17H,21H2,1-5H3,(H,22,23). The number of anilines is 1. The van der Waals surface area contributed by atoms with Gasteiger partial charge in [-0.1, -0.05) is 30.3 Å². The van der Waals surface area contributed by atoms with Gasteiger partial charge in [0.15, 0.2) is 0 Å². The van der Waals surface area contributed by atoms with Crippen molar-refractivity contribution in [1.29, 1.82) is 0 Å². The Hall–Kier alpha value is -2.13. The second kappa shape index (κ2) is 5.20. The van der Waals surface area contributed by atoms with Crippen LogP contribution in [0.25, 0.3) is 0 Å². The van der Waals surface area contributed by atoms with Gasteiger partial charge in [0, 0.05) is 5.69 Å². The molecule has 3 heteroatoms. The molecule has 0 spiro atoms. The summed E-state index contributed by atoms with van der Waals surface area (Å²) >= 11 is 0. The van der Waals surface area contributed by atoms with Crippen LogP contribution in [0.4, 0.5) is 5.69 Å². The third-order valence-electron chi connectivity index (χ3n) is 5.28. The predicted octanol–water partition coefficient (Wildman–Crippen LogP) is 3.89. The van der Waals surface area contributed by atoms with Crippen molar-refractivity contribution in [2.24, 2.45) is 5.73 Å². The van der Waals surface area contributed by atoms with Gasteiger partial charge in [0.05, 0.1) is 11.5 Å². The monoisotopic (exact) mass is 308 g/mol. The average molecular weight is 308 g/mol. The highest BCUT2D eigenvalue weighted by Crippen LogP contribution is 2.43. The van der Waals surface area contributed by atoms with Crippen LogP contribution in [-0.4, -0.2) is 5.91 Å².